The number of hydrogen-bond acceptors (Lipinski definition) is 3. The Morgan fingerprint density at radius 1 is 1.28 bits per heavy atom. The number of nitrogens with one attached hydrogen (secondary N) is 1. The Kier molecular flexibility index (Phi) is 4.05. The van der Waals surface area contributed by atoms with Gasteiger partial charge in [0.1, 0.15) is 22.7 Å². The highest BCUT2D eigenvalue weighted by Gasteiger charge is 2.33. The zero-order chi connectivity index (χ0) is 17.4. The lowest BCUT2D eigenvalue weighted by atomic mass is 9.89. The van der Waals surface area contributed by atoms with Gasteiger partial charge in [-0.2, -0.15) is 5.10 Å². The van der Waals surface area contributed by atoms with Gasteiger partial charge in [0, 0.05) is 25.1 Å². The number of aromatic nitrogens is 2. The highest BCUT2D eigenvalue weighted by atomic mass is 35.5. The molecule has 2 heterocycles. The summed E-state index contributed by atoms with van der Waals surface area (Å²) in [6.45, 7) is 0. The van der Waals surface area contributed by atoms with Crippen molar-refractivity contribution in [1.82, 2.24) is 14.9 Å². The molecular weight excluding hydrogens is 345 g/mol. The molecule has 1 aliphatic rings. The van der Waals surface area contributed by atoms with Gasteiger partial charge in [-0.25, -0.2) is 8.91 Å². The molecule has 2 aromatic heterocycles. The fourth-order valence-electron chi connectivity index (χ4n) is 2.91. The van der Waals surface area contributed by atoms with Crippen LogP contribution in [0.5, 0.6) is 5.75 Å². The van der Waals surface area contributed by atoms with E-state index in [9.17, 15) is 9.18 Å². The molecule has 0 unspecified atom stereocenters. The Bertz CT molecular complexity index is 937. The molecule has 1 fully saturated rings. The number of benzene rings is 1. The monoisotopic (exact) mass is 359 g/mol. The van der Waals surface area contributed by atoms with Gasteiger partial charge in [-0.3, -0.25) is 4.79 Å². The summed E-state index contributed by atoms with van der Waals surface area (Å²) >= 11 is 5.88. The lowest BCUT2D eigenvalue weighted by Crippen LogP contribution is -2.49. The highest BCUT2D eigenvalue weighted by Crippen LogP contribution is 2.32. The van der Waals surface area contributed by atoms with Crippen molar-refractivity contribution in [2.45, 2.75) is 25.0 Å². The SMILES string of the molecule is O=C(N[C@H]1C[C@H](Oc2cccc(F)c2Cl)C1)c1cnn2ccccc12. The standard InChI is InChI=1S/C18H15ClFN3O2/c19-17-14(20)4-3-6-16(17)25-12-8-11(9-12)22-18(24)13-10-21-23-7-2-1-5-15(13)23/h1-7,10-12H,8-9H2,(H,22,24)/t11-,12-. The average molecular weight is 360 g/mol. The van der Waals surface area contributed by atoms with E-state index in [1.54, 1.807) is 29.0 Å². The van der Waals surface area contributed by atoms with Gasteiger partial charge >= 0.3 is 0 Å². The Labute approximate surface area is 148 Å². The Morgan fingerprint density at radius 2 is 2.12 bits per heavy atom. The second kappa shape index (κ2) is 6.37. The molecule has 3 aromatic rings. The number of hydrogen-bond donors (Lipinski definition) is 1. The molecule has 1 aliphatic carbocycles. The summed E-state index contributed by atoms with van der Waals surface area (Å²) in [6.07, 6.45) is 4.56. The number of nitrogens with zero attached hydrogens (tertiary/aromatic N) is 2. The molecule has 7 heteroatoms. The number of halogens is 2. The molecule has 1 saturated carbocycles. The molecule has 0 aliphatic heterocycles. The lowest BCUT2D eigenvalue weighted by molar-refractivity contribution is 0.0701. The van der Waals surface area contributed by atoms with Crippen molar-refractivity contribution in [3.8, 4) is 5.75 Å². The molecule has 1 N–H and O–H groups in total. The second-order valence-electron chi connectivity index (χ2n) is 6.02. The third-order valence-corrected chi connectivity index (χ3v) is 4.68. The summed E-state index contributed by atoms with van der Waals surface area (Å²) in [6, 6.07) is 10.1. The van der Waals surface area contributed by atoms with Crippen molar-refractivity contribution in [2.24, 2.45) is 0 Å². The molecule has 128 valence electrons. The second-order valence-corrected chi connectivity index (χ2v) is 6.40. The fraction of sp³-hybridized carbons (Fsp3) is 0.222. The number of ether oxygens (including phenoxy) is 1. The van der Waals surface area contributed by atoms with E-state index in [-0.39, 0.29) is 23.1 Å². The van der Waals surface area contributed by atoms with Gasteiger partial charge in [-0.05, 0) is 24.3 Å². The predicted molar refractivity (Wildman–Crippen MR) is 91.5 cm³/mol. The van der Waals surface area contributed by atoms with Crippen LogP contribution in [0.2, 0.25) is 5.02 Å². The van der Waals surface area contributed by atoms with E-state index >= 15 is 0 Å². The molecule has 1 amide bonds. The van der Waals surface area contributed by atoms with Crippen molar-refractivity contribution in [1.29, 1.82) is 0 Å². The summed E-state index contributed by atoms with van der Waals surface area (Å²) in [7, 11) is 0. The van der Waals surface area contributed by atoms with Gasteiger partial charge in [-0.15, -0.1) is 0 Å². The van der Waals surface area contributed by atoms with Crippen LogP contribution in [0.3, 0.4) is 0 Å². The minimum absolute atomic E-state index is 0.0126. The van der Waals surface area contributed by atoms with E-state index in [0.29, 0.717) is 24.2 Å². The maximum Gasteiger partial charge on any atom is 0.255 e. The number of fused-ring (bicyclic) bond motifs is 1. The van der Waals surface area contributed by atoms with E-state index < -0.39 is 5.82 Å². The summed E-state index contributed by atoms with van der Waals surface area (Å²) in [5, 5.41) is 7.12. The van der Waals surface area contributed by atoms with Crippen LogP contribution in [-0.4, -0.2) is 27.7 Å². The first-order valence-corrected chi connectivity index (χ1v) is 8.33. The van der Waals surface area contributed by atoms with Crippen molar-refractivity contribution < 1.29 is 13.9 Å². The maximum atomic E-state index is 13.4. The third kappa shape index (κ3) is 3.05. The topological polar surface area (TPSA) is 55.6 Å². The minimum atomic E-state index is -0.503. The summed E-state index contributed by atoms with van der Waals surface area (Å²) in [5.41, 5.74) is 1.30. The predicted octanol–water partition coefficient (Wildman–Crippen LogP) is 3.47. The quantitative estimate of drug-likeness (QED) is 0.776. The minimum Gasteiger partial charge on any atom is -0.489 e. The van der Waals surface area contributed by atoms with Gasteiger partial charge in [-0.1, -0.05) is 23.7 Å². The van der Waals surface area contributed by atoms with Crippen LogP contribution in [-0.2, 0) is 0 Å². The van der Waals surface area contributed by atoms with Gasteiger partial charge in [0.15, 0.2) is 0 Å². The zero-order valence-corrected chi connectivity index (χ0v) is 13.9. The van der Waals surface area contributed by atoms with Crippen LogP contribution in [0, 0.1) is 5.82 Å². The van der Waals surface area contributed by atoms with E-state index in [0.717, 1.165) is 5.52 Å². The molecule has 5 nitrogen and oxygen atoms in total. The van der Waals surface area contributed by atoms with E-state index in [1.165, 1.54) is 6.07 Å². The number of pyridine rings is 1. The number of amides is 1. The van der Waals surface area contributed by atoms with Gasteiger partial charge in [0.2, 0.25) is 0 Å². The van der Waals surface area contributed by atoms with Crippen LogP contribution in [0.25, 0.3) is 5.52 Å². The molecule has 0 radical (unpaired) electrons. The first-order chi connectivity index (χ1) is 12.1. The Morgan fingerprint density at radius 3 is 2.96 bits per heavy atom. The molecule has 4 rings (SSSR count). The van der Waals surface area contributed by atoms with Crippen molar-refractivity contribution in [3.63, 3.8) is 0 Å². The molecule has 1 aromatic carbocycles. The van der Waals surface area contributed by atoms with E-state index in [4.69, 9.17) is 16.3 Å². The zero-order valence-electron chi connectivity index (χ0n) is 13.2. The molecule has 0 atom stereocenters. The molecule has 0 spiro atoms. The van der Waals surface area contributed by atoms with Gasteiger partial charge in [0.05, 0.1) is 17.3 Å². The van der Waals surface area contributed by atoms with E-state index in [1.807, 2.05) is 18.2 Å². The maximum absolute atomic E-state index is 13.4. The molecule has 0 saturated heterocycles. The molecule has 0 bridgehead atoms. The molecular formula is C18H15ClFN3O2. The summed E-state index contributed by atoms with van der Waals surface area (Å²) in [4.78, 5) is 12.4. The smallest absolute Gasteiger partial charge is 0.255 e. The van der Waals surface area contributed by atoms with Crippen molar-refractivity contribution >= 4 is 23.0 Å². The lowest BCUT2D eigenvalue weighted by Gasteiger charge is -2.35. The van der Waals surface area contributed by atoms with Crippen LogP contribution < -0.4 is 10.1 Å². The van der Waals surface area contributed by atoms with Crippen LogP contribution in [0.4, 0.5) is 4.39 Å². The van der Waals surface area contributed by atoms with Crippen molar-refractivity contribution in [2.75, 3.05) is 0 Å². The summed E-state index contributed by atoms with van der Waals surface area (Å²) < 4.78 is 20.8. The first-order valence-electron chi connectivity index (χ1n) is 7.95. The number of carbonyl (C=O) groups excluding carboxylic acids is 1. The van der Waals surface area contributed by atoms with Crippen LogP contribution >= 0.6 is 11.6 Å². The molecule has 25 heavy (non-hydrogen) atoms. The van der Waals surface area contributed by atoms with Crippen LogP contribution in [0.1, 0.15) is 23.2 Å². The normalized spacial score (nSPS) is 19.4. The van der Waals surface area contributed by atoms with Gasteiger partial charge < -0.3 is 10.1 Å². The Balaban J connectivity index is 1.35. The largest absolute Gasteiger partial charge is 0.489 e. The number of rotatable bonds is 4. The first kappa shape index (κ1) is 15.9. The summed E-state index contributed by atoms with van der Waals surface area (Å²) in [5.74, 6) is -0.330. The highest BCUT2D eigenvalue weighted by molar-refractivity contribution is 6.32. The third-order valence-electron chi connectivity index (χ3n) is 4.31. The fourth-order valence-corrected chi connectivity index (χ4v) is 3.08. The number of carbonyl (C=O) groups is 1. The van der Waals surface area contributed by atoms with Crippen molar-refractivity contribution in [3.05, 3.63) is 65.2 Å². The van der Waals surface area contributed by atoms with E-state index in [2.05, 4.69) is 10.4 Å². The van der Waals surface area contributed by atoms with Crippen LogP contribution in [0.15, 0.2) is 48.8 Å². The van der Waals surface area contributed by atoms with Gasteiger partial charge in [0.25, 0.3) is 5.91 Å². The average Bonchev–Trinajstić information content (AvgIpc) is 3.01. The Hall–Kier alpha value is -2.60.